The van der Waals surface area contributed by atoms with E-state index in [1.165, 1.54) is 12.8 Å². The van der Waals surface area contributed by atoms with Gasteiger partial charge in [-0.3, -0.25) is 0 Å². The highest BCUT2D eigenvalue weighted by atomic mass is 16.5. The summed E-state index contributed by atoms with van der Waals surface area (Å²) in [6.45, 7) is 4.44. The van der Waals surface area contributed by atoms with Crippen LogP contribution in [0.3, 0.4) is 0 Å². The maximum atomic E-state index is 9.36. The second kappa shape index (κ2) is 5.51. The average Bonchev–Trinajstić information content (AvgIpc) is 2.46. The van der Waals surface area contributed by atoms with Crippen molar-refractivity contribution in [3.8, 4) is 0 Å². The molecule has 1 rings (SSSR count). The fourth-order valence-electron chi connectivity index (χ4n) is 1.40. The van der Waals surface area contributed by atoms with Crippen molar-refractivity contribution in [1.29, 1.82) is 0 Å². The van der Waals surface area contributed by atoms with Gasteiger partial charge >= 0.3 is 0 Å². The SMILES string of the molecule is CCCCCOC1CNCC1O. The molecule has 0 saturated carbocycles. The first kappa shape index (κ1) is 9.96. The maximum Gasteiger partial charge on any atom is 0.0970 e. The molecule has 0 aromatic carbocycles. The minimum atomic E-state index is -0.299. The maximum absolute atomic E-state index is 9.36. The van der Waals surface area contributed by atoms with E-state index in [0.29, 0.717) is 6.54 Å². The molecule has 2 unspecified atom stereocenters. The van der Waals surface area contributed by atoms with E-state index in [-0.39, 0.29) is 12.2 Å². The molecule has 3 heteroatoms. The Kier molecular flexibility index (Phi) is 4.58. The molecule has 3 nitrogen and oxygen atoms in total. The molecule has 0 amide bonds. The van der Waals surface area contributed by atoms with Gasteiger partial charge in [-0.25, -0.2) is 0 Å². The Balaban J connectivity index is 1.98. The van der Waals surface area contributed by atoms with Crippen molar-refractivity contribution < 1.29 is 9.84 Å². The van der Waals surface area contributed by atoms with Crippen LogP contribution in [0.25, 0.3) is 0 Å². The Morgan fingerprint density at radius 2 is 2.25 bits per heavy atom. The van der Waals surface area contributed by atoms with Gasteiger partial charge in [0, 0.05) is 19.7 Å². The van der Waals surface area contributed by atoms with Gasteiger partial charge in [0.1, 0.15) is 0 Å². The lowest BCUT2D eigenvalue weighted by molar-refractivity contribution is -0.00914. The molecule has 1 aliphatic rings. The van der Waals surface area contributed by atoms with Gasteiger partial charge in [0.25, 0.3) is 0 Å². The fourth-order valence-corrected chi connectivity index (χ4v) is 1.40. The van der Waals surface area contributed by atoms with E-state index in [2.05, 4.69) is 12.2 Å². The molecule has 0 radical (unpaired) electrons. The van der Waals surface area contributed by atoms with Crippen LogP contribution >= 0.6 is 0 Å². The van der Waals surface area contributed by atoms with Crippen molar-refractivity contribution in [2.24, 2.45) is 0 Å². The Morgan fingerprint density at radius 1 is 1.42 bits per heavy atom. The molecule has 1 aliphatic heterocycles. The monoisotopic (exact) mass is 173 g/mol. The predicted molar refractivity (Wildman–Crippen MR) is 48.1 cm³/mol. The normalized spacial score (nSPS) is 29.5. The van der Waals surface area contributed by atoms with Gasteiger partial charge in [0.05, 0.1) is 12.2 Å². The van der Waals surface area contributed by atoms with Crippen LogP contribution in [-0.2, 0) is 4.74 Å². The zero-order valence-electron chi connectivity index (χ0n) is 7.75. The Morgan fingerprint density at radius 3 is 2.83 bits per heavy atom. The molecule has 0 aromatic heterocycles. The highest BCUT2D eigenvalue weighted by Gasteiger charge is 2.24. The number of ether oxygens (including phenoxy) is 1. The van der Waals surface area contributed by atoms with Crippen molar-refractivity contribution in [2.45, 2.75) is 38.4 Å². The number of rotatable bonds is 5. The van der Waals surface area contributed by atoms with Crippen molar-refractivity contribution in [3.05, 3.63) is 0 Å². The highest BCUT2D eigenvalue weighted by Crippen LogP contribution is 2.05. The molecule has 2 atom stereocenters. The number of unbranched alkanes of at least 4 members (excludes halogenated alkanes) is 2. The van der Waals surface area contributed by atoms with Crippen LogP contribution in [0.5, 0.6) is 0 Å². The second-order valence-corrected chi connectivity index (χ2v) is 3.34. The molecule has 12 heavy (non-hydrogen) atoms. The predicted octanol–water partition coefficient (Wildman–Crippen LogP) is 0.526. The number of nitrogens with one attached hydrogen (secondary N) is 1. The van der Waals surface area contributed by atoms with Gasteiger partial charge in [-0.15, -0.1) is 0 Å². The van der Waals surface area contributed by atoms with Crippen LogP contribution in [-0.4, -0.2) is 37.0 Å². The highest BCUT2D eigenvalue weighted by molar-refractivity contribution is 4.80. The number of hydrogen-bond donors (Lipinski definition) is 2. The van der Waals surface area contributed by atoms with Gasteiger partial charge in [0.2, 0.25) is 0 Å². The first-order valence-electron chi connectivity index (χ1n) is 4.85. The molecule has 1 saturated heterocycles. The van der Waals surface area contributed by atoms with Crippen molar-refractivity contribution in [1.82, 2.24) is 5.32 Å². The van der Waals surface area contributed by atoms with Gasteiger partial charge in [-0.1, -0.05) is 19.8 Å². The van der Waals surface area contributed by atoms with Gasteiger partial charge in [-0.05, 0) is 6.42 Å². The summed E-state index contributed by atoms with van der Waals surface area (Å²) in [5.41, 5.74) is 0. The van der Waals surface area contributed by atoms with E-state index in [1.54, 1.807) is 0 Å². The summed E-state index contributed by atoms with van der Waals surface area (Å²) in [5.74, 6) is 0. The summed E-state index contributed by atoms with van der Waals surface area (Å²) in [6.07, 6.45) is 3.28. The molecule has 0 bridgehead atoms. The number of aliphatic hydroxyl groups is 1. The van der Waals surface area contributed by atoms with Crippen LogP contribution in [0.2, 0.25) is 0 Å². The van der Waals surface area contributed by atoms with E-state index in [4.69, 9.17) is 4.74 Å². The quantitative estimate of drug-likeness (QED) is 0.596. The molecular weight excluding hydrogens is 154 g/mol. The average molecular weight is 173 g/mol. The molecular formula is C9H19NO2. The van der Waals surface area contributed by atoms with Crippen LogP contribution in [0, 0.1) is 0 Å². The third-order valence-electron chi connectivity index (χ3n) is 2.21. The minimum Gasteiger partial charge on any atom is -0.389 e. The number of hydrogen-bond acceptors (Lipinski definition) is 3. The van der Waals surface area contributed by atoms with E-state index in [9.17, 15) is 5.11 Å². The Bertz CT molecular complexity index is 119. The minimum absolute atomic E-state index is 0.0295. The second-order valence-electron chi connectivity index (χ2n) is 3.34. The lowest BCUT2D eigenvalue weighted by Gasteiger charge is -2.13. The lowest BCUT2D eigenvalue weighted by Crippen LogP contribution is -2.27. The van der Waals surface area contributed by atoms with E-state index < -0.39 is 0 Å². The summed E-state index contributed by atoms with van der Waals surface area (Å²) in [6, 6.07) is 0. The molecule has 0 spiro atoms. The van der Waals surface area contributed by atoms with E-state index in [1.807, 2.05) is 0 Å². The number of β-amino-alcohol motifs (C(OH)–C–C–N with tert-alkyl or cyclic N) is 1. The summed E-state index contributed by atoms with van der Waals surface area (Å²) in [4.78, 5) is 0. The van der Waals surface area contributed by atoms with Crippen LogP contribution in [0.15, 0.2) is 0 Å². The third kappa shape index (κ3) is 3.09. The first-order chi connectivity index (χ1) is 5.84. The van der Waals surface area contributed by atoms with Gasteiger partial charge in [0.15, 0.2) is 0 Å². The van der Waals surface area contributed by atoms with Crippen LogP contribution in [0.1, 0.15) is 26.2 Å². The molecule has 2 N–H and O–H groups in total. The third-order valence-corrected chi connectivity index (χ3v) is 2.21. The summed E-state index contributed by atoms with van der Waals surface area (Å²) in [5, 5.41) is 12.4. The van der Waals surface area contributed by atoms with Gasteiger partial charge in [-0.2, -0.15) is 0 Å². The smallest absolute Gasteiger partial charge is 0.0970 e. The van der Waals surface area contributed by atoms with Gasteiger partial charge < -0.3 is 15.2 Å². The topological polar surface area (TPSA) is 41.5 Å². The standard InChI is InChI=1S/C9H19NO2/c1-2-3-4-5-12-9-7-10-6-8(9)11/h8-11H,2-7H2,1H3. The largest absolute Gasteiger partial charge is 0.389 e. The molecule has 0 aromatic rings. The molecule has 1 fully saturated rings. The summed E-state index contributed by atoms with van der Waals surface area (Å²) < 4.78 is 5.50. The zero-order chi connectivity index (χ0) is 8.81. The van der Waals surface area contributed by atoms with Crippen molar-refractivity contribution in [3.63, 3.8) is 0 Å². The lowest BCUT2D eigenvalue weighted by atomic mass is 10.2. The Labute approximate surface area is 74.1 Å². The van der Waals surface area contributed by atoms with Crippen LogP contribution < -0.4 is 5.32 Å². The molecule has 0 aliphatic carbocycles. The summed E-state index contributed by atoms with van der Waals surface area (Å²) >= 11 is 0. The Hall–Kier alpha value is -0.120. The first-order valence-corrected chi connectivity index (χ1v) is 4.85. The van der Waals surface area contributed by atoms with Crippen LogP contribution in [0.4, 0.5) is 0 Å². The fraction of sp³-hybridized carbons (Fsp3) is 1.00. The van der Waals surface area contributed by atoms with Crippen molar-refractivity contribution >= 4 is 0 Å². The van der Waals surface area contributed by atoms with E-state index in [0.717, 1.165) is 19.6 Å². The zero-order valence-corrected chi connectivity index (χ0v) is 7.75. The molecule has 1 heterocycles. The summed E-state index contributed by atoms with van der Waals surface area (Å²) in [7, 11) is 0. The molecule has 72 valence electrons. The number of aliphatic hydroxyl groups excluding tert-OH is 1. The van der Waals surface area contributed by atoms with Crippen molar-refractivity contribution in [2.75, 3.05) is 19.7 Å². The van der Waals surface area contributed by atoms with E-state index >= 15 is 0 Å².